The Bertz CT molecular complexity index is 1800. The molecule has 6 aromatic rings. The molecule has 41 heavy (non-hydrogen) atoms. The summed E-state index contributed by atoms with van der Waals surface area (Å²) in [4.78, 5) is 2.31. The molecule has 0 saturated carbocycles. The Hall–Kier alpha value is -5.08. The highest BCUT2D eigenvalue weighted by Gasteiger charge is 2.32. The molecule has 7 rings (SSSR count). The molecule has 0 saturated heterocycles. The Labute approximate surface area is 242 Å². The molecule has 1 N–H and O–H groups in total. The van der Waals surface area contributed by atoms with Crippen LogP contribution in [-0.4, -0.2) is 0 Å². The average molecular weight is 529 g/mol. The van der Waals surface area contributed by atoms with E-state index in [1.165, 1.54) is 44.8 Å². The maximum absolute atomic E-state index is 3.64. The summed E-state index contributed by atoms with van der Waals surface area (Å²) in [6.45, 7) is 4.64. The van der Waals surface area contributed by atoms with Crippen molar-refractivity contribution in [3.8, 4) is 22.3 Å². The summed E-state index contributed by atoms with van der Waals surface area (Å²) in [6.07, 6.45) is 0. The minimum Gasteiger partial charge on any atom is -0.355 e. The van der Waals surface area contributed by atoms with Crippen molar-refractivity contribution in [1.29, 1.82) is 0 Å². The first-order valence-electron chi connectivity index (χ1n) is 14.2. The van der Waals surface area contributed by atoms with Crippen molar-refractivity contribution in [2.45, 2.75) is 19.3 Å². The van der Waals surface area contributed by atoms with Gasteiger partial charge in [0.25, 0.3) is 0 Å². The first kappa shape index (κ1) is 24.9. The standard InChI is InChI=1S/C39H32N2/c1-39(2)35-15-9-10-16-37(35)40-38-26-21-31(27-36(38)39)30-19-24-34(25-20-30)41(32-13-7-4-8-14-32)33-22-17-29(18-23-33)28-11-5-3-6-12-28/h3-27,40H,1-2H3. The van der Waals surface area contributed by atoms with Crippen LogP contribution in [-0.2, 0) is 5.41 Å². The molecule has 1 aliphatic heterocycles. The lowest BCUT2D eigenvalue weighted by molar-refractivity contribution is 0.638. The second-order valence-electron chi connectivity index (χ2n) is 11.2. The first-order chi connectivity index (χ1) is 20.1. The van der Waals surface area contributed by atoms with Crippen LogP contribution in [0.15, 0.2) is 152 Å². The molecule has 2 heteroatoms. The number of nitrogens with zero attached hydrogens (tertiary/aromatic N) is 1. The topological polar surface area (TPSA) is 15.3 Å². The van der Waals surface area contributed by atoms with Crippen LogP contribution in [0.1, 0.15) is 25.0 Å². The van der Waals surface area contributed by atoms with Crippen molar-refractivity contribution < 1.29 is 0 Å². The fourth-order valence-corrected chi connectivity index (χ4v) is 6.04. The second-order valence-corrected chi connectivity index (χ2v) is 11.2. The summed E-state index contributed by atoms with van der Waals surface area (Å²) < 4.78 is 0. The van der Waals surface area contributed by atoms with Gasteiger partial charge in [-0.25, -0.2) is 0 Å². The van der Waals surface area contributed by atoms with Crippen molar-refractivity contribution in [1.82, 2.24) is 0 Å². The normalized spacial score (nSPS) is 13.0. The van der Waals surface area contributed by atoms with Crippen LogP contribution in [0.4, 0.5) is 28.4 Å². The van der Waals surface area contributed by atoms with Gasteiger partial charge in [0.2, 0.25) is 0 Å². The largest absolute Gasteiger partial charge is 0.355 e. The molecule has 198 valence electrons. The van der Waals surface area contributed by atoms with Crippen LogP contribution < -0.4 is 10.2 Å². The van der Waals surface area contributed by atoms with Gasteiger partial charge in [-0.2, -0.15) is 0 Å². The van der Waals surface area contributed by atoms with Crippen molar-refractivity contribution in [2.75, 3.05) is 10.2 Å². The SMILES string of the molecule is CC1(C)c2ccccc2Nc2ccc(-c3ccc(N(c4ccccc4)c4ccc(-c5ccccc5)cc4)cc3)cc21. The van der Waals surface area contributed by atoms with Gasteiger partial charge in [-0.3, -0.25) is 0 Å². The molecule has 0 aromatic heterocycles. The van der Waals surface area contributed by atoms with Gasteiger partial charge in [-0.1, -0.05) is 111 Å². The van der Waals surface area contributed by atoms with Crippen LogP contribution in [0.2, 0.25) is 0 Å². The Morgan fingerprint density at radius 2 is 0.878 bits per heavy atom. The van der Waals surface area contributed by atoms with Gasteiger partial charge in [0, 0.05) is 33.9 Å². The molecule has 6 aromatic carbocycles. The summed E-state index contributed by atoms with van der Waals surface area (Å²) in [5.41, 5.74) is 13.2. The lowest BCUT2D eigenvalue weighted by Gasteiger charge is -2.36. The van der Waals surface area contributed by atoms with E-state index in [2.05, 4.69) is 176 Å². The van der Waals surface area contributed by atoms with Crippen LogP contribution in [0, 0.1) is 0 Å². The van der Waals surface area contributed by atoms with E-state index < -0.39 is 0 Å². The van der Waals surface area contributed by atoms with Gasteiger partial charge < -0.3 is 10.2 Å². The van der Waals surface area contributed by atoms with E-state index in [1.54, 1.807) is 0 Å². The maximum atomic E-state index is 3.64. The van der Waals surface area contributed by atoms with E-state index in [0.717, 1.165) is 17.1 Å². The van der Waals surface area contributed by atoms with Crippen LogP contribution in [0.3, 0.4) is 0 Å². The molecule has 0 aliphatic carbocycles. The van der Waals surface area contributed by atoms with E-state index >= 15 is 0 Å². The van der Waals surface area contributed by atoms with Gasteiger partial charge in [0.05, 0.1) is 0 Å². The molecule has 0 atom stereocenters. The van der Waals surface area contributed by atoms with Gasteiger partial charge in [-0.05, 0) is 88.0 Å². The number of benzene rings is 6. The Balaban J connectivity index is 1.23. The third kappa shape index (κ3) is 4.58. The number of hydrogen-bond donors (Lipinski definition) is 1. The quantitative estimate of drug-likeness (QED) is 0.239. The van der Waals surface area contributed by atoms with E-state index in [4.69, 9.17) is 0 Å². The zero-order valence-electron chi connectivity index (χ0n) is 23.4. The van der Waals surface area contributed by atoms with E-state index in [0.29, 0.717) is 0 Å². The Morgan fingerprint density at radius 1 is 0.415 bits per heavy atom. The van der Waals surface area contributed by atoms with Crippen molar-refractivity contribution in [3.63, 3.8) is 0 Å². The second kappa shape index (κ2) is 10.1. The Morgan fingerprint density at radius 3 is 1.54 bits per heavy atom. The molecule has 0 amide bonds. The van der Waals surface area contributed by atoms with Gasteiger partial charge >= 0.3 is 0 Å². The molecule has 0 radical (unpaired) electrons. The number of anilines is 5. The van der Waals surface area contributed by atoms with Crippen LogP contribution >= 0.6 is 0 Å². The molecule has 0 bridgehead atoms. The Kier molecular flexibility index (Phi) is 6.17. The maximum Gasteiger partial charge on any atom is 0.0462 e. The molecule has 1 heterocycles. The molecule has 0 spiro atoms. The minimum atomic E-state index is -0.0802. The van der Waals surface area contributed by atoms with Crippen LogP contribution in [0.5, 0.6) is 0 Å². The zero-order chi connectivity index (χ0) is 27.8. The fourth-order valence-electron chi connectivity index (χ4n) is 6.04. The number of rotatable bonds is 5. The predicted octanol–water partition coefficient (Wildman–Crippen LogP) is 10.9. The number of para-hydroxylation sites is 2. The molecule has 1 aliphatic rings. The highest BCUT2D eigenvalue weighted by Crippen LogP contribution is 2.46. The molecule has 0 fully saturated rings. The monoisotopic (exact) mass is 528 g/mol. The third-order valence-electron chi connectivity index (χ3n) is 8.27. The van der Waals surface area contributed by atoms with Crippen LogP contribution in [0.25, 0.3) is 22.3 Å². The zero-order valence-corrected chi connectivity index (χ0v) is 23.4. The molecular weight excluding hydrogens is 496 g/mol. The van der Waals surface area contributed by atoms with E-state index in [1.807, 2.05) is 0 Å². The summed E-state index contributed by atoms with van der Waals surface area (Å²) in [5.74, 6) is 0. The summed E-state index contributed by atoms with van der Waals surface area (Å²) >= 11 is 0. The highest BCUT2D eigenvalue weighted by molar-refractivity contribution is 5.82. The summed E-state index contributed by atoms with van der Waals surface area (Å²) in [5, 5.41) is 3.64. The van der Waals surface area contributed by atoms with Crippen molar-refractivity contribution in [2.24, 2.45) is 0 Å². The summed E-state index contributed by atoms with van der Waals surface area (Å²) in [6, 6.07) is 54.3. The minimum absolute atomic E-state index is 0.0802. The van der Waals surface area contributed by atoms with Gasteiger partial charge in [-0.15, -0.1) is 0 Å². The van der Waals surface area contributed by atoms with E-state index in [-0.39, 0.29) is 5.41 Å². The lowest BCUT2D eigenvalue weighted by Crippen LogP contribution is -2.25. The number of fused-ring (bicyclic) bond motifs is 2. The molecular formula is C39H32N2. The smallest absolute Gasteiger partial charge is 0.0462 e. The first-order valence-corrected chi connectivity index (χ1v) is 14.2. The molecule has 0 unspecified atom stereocenters. The fraction of sp³-hybridized carbons (Fsp3) is 0.0769. The van der Waals surface area contributed by atoms with Crippen molar-refractivity contribution >= 4 is 28.4 Å². The van der Waals surface area contributed by atoms with E-state index in [9.17, 15) is 0 Å². The van der Waals surface area contributed by atoms with Gasteiger partial charge in [0.15, 0.2) is 0 Å². The number of nitrogens with one attached hydrogen (secondary N) is 1. The summed E-state index contributed by atoms with van der Waals surface area (Å²) in [7, 11) is 0. The highest BCUT2D eigenvalue weighted by atomic mass is 15.1. The molecule has 2 nitrogen and oxygen atoms in total. The average Bonchev–Trinajstić information content (AvgIpc) is 3.03. The lowest BCUT2D eigenvalue weighted by atomic mass is 9.73. The third-order valence-corrected chi connectivity index (χ3v) is 8.27. The van der Waals surface area contributed by atoms with Crippen molar-refractivity contribution in [3.05, 3.63) is 163 Å². The predicted molar refractivity (Wildman–Crippen MR) is 174 cm³/mol. The van der Waals surface area contributed by atoms with Gasteiger partial charge in [0.1, 0.15) is 0 Å². The number of hydrogen-bond acceptors (Lipinski definition) is 2.